The molecule has 4 heteroatoms. The summed E-state index contributed by atoms with van der Waals surface area (Å²) in [7, 11) is 1.79. The van der Waals surface area contributed by atoms with Crippen molar-refractivity contribution in [2.75, 3.05) is 12.4 Å². The molecule has 96 valence electrons. The molecule has 18 heavy (non-hydrogen) atoms. The Labute approximate surface area is 107 Å². The molecule has 2 atom stereocenters. The summed E-state index contributed by atoms with van der Waals surface area (Å²) in [4.78, 5) is 4.54. The third-order valence-electron chi connectivity index (χ3n) is 3.74. The van der Waals surface area contributed by atoms with E-state index >= 15 is 0 Å². The van der Waals surface area contributed by atoms with E-state index < -0.39 is 0 Å². The minimum atomic E-state index is 0.402. The van der Waals surface area contributed by atoms with E-state index in [1.54, 1.807) is 7.11 Å². The Hall–Kier alpha value is -1.55. The highest BCUT2D eigenvalue weighted by Crippen LogP contribution is 2.23. The number of benzene rings is 1. The van der Waals surface area contributed by atoms with E-state index in [1.165, 1.54) is 5.56 Å². The topological polar surface area (TPSA) is 45.6 Å². The van der Waals surface area contributed by atoms with Crippen molar-refractivity contribution < 1.29 is 4.74 Å². The molecule has 0 radical (unpaired) electrons. The SMILES string of the molecule is COC1CCC(NC2=NCc3ccccc3N2)C1. The Morgan fingerprint density at radius 1 is 1.33 bits per heavy atom. The number of hydrogen-bond acceptors (Lipinski definition) is 4. The number of guanidine groups is 1. The number of nitrogens with zero attached hydrogens (tertiary/aromatic N) is 1. The molecule has 1 aliphatic carbocycles. The van der Waals surface area contributed by atoms with Gasteiger partial charge in [0.25, 0.3) is 0 Å². The van der Waals surface area contributed by atoms with E-state index in [-0.39, 0.29) is 0 Å². The molecule has 0 amide bonds. The molecule has 1 saturated carbocycles. The van der Waals surface area contributed by atoms with Crippen molar-refractivity contribution in [3.8, 4) is 0 Å². The van der Waals surface area contributed by atoms with Gasteiger partial charge >= 0.3 is 0 Å². The fourth-order valence-corrected chi connectivity index (χ4v) is 2.67. The summed E-state index contributed by atoms with van der Waals surface area (Å²) in [6.45, 7) is 0.756. The molecule has 2 N–H and O–H groups in total. The van der Waals surface area contributed by atoms with Gasteiger partial charge in [0.1, 0.15) is 0 Å². The van der Waals surface area contributed by atoms with E-state index in [2.05, 4.69) is 33.8 Å². The number of fused-ring (bicyclic) bond motifs is 1. The van der Waals surface area contributed by atoms with Crippen molar-refractivity contribution in [2.24, 2.45) is 4.99 Å². The zero-order valence-electron chi connectivity index (χ0n) is 10.6. The second-order valence-corrected chi connectivity index (χ2v) is 4.96. The van der Waals surface area contributed by atoms with Crippen LogP contribution in [-0.4, -0.2) is 25.2 Å². The molecule has 0 bridgehead atoms. The van der Waals surface area contributed by atoms with Gasteiger partial charge in [-0.15, -0.1) is 0 Å². The second-order valence-electron chi connectivity index (χ2n) is 4.96. The Morgan fingerprint density at radius 2 is 2.22 bits per heavy atom. The fraction of sp³-hybridized carbons (Fsp3) is 0.500. The summed E-state index contributed by atoms with van der Waals surface area (Å²) < 4.78 is 5.39. The van der Waals surface area contributed by atoms with Gasteiger partial charge in [-0.05, 0) is 30.9 Å². The summed E-state index contributed by atoms with van der Waals surface area (Å²) in [5, 5.41) is 6.84. The molecule has 1 aliphatic heterocycles. The van der Waals surface area contributed by atoms with Crippen molar-refractivity contribution in [3.63, 3.8) is 0 Å². The van der Waals surface area contributed by atoms with Crippen LogP contribution >= 0.6 is 0 Å². The first-order valence-electron chi connectivity index (χ1n) is 6.54. The Balaban J connectivity index is 1.61. The summed E-state index contributed by atoms with van der Waals surface area (Å²) in [5.41, 5.74) is 2.42. The predicted octanol–water partition coefficient (Wildman–Crippen LogP) is 2.13. The Kier molecular flexibility index (Phi) is 3.19. The molecule has 1 fully saturated rings. The smallest absolute Gasteiger partial charge is 0.196 e. The molecular weight excluding hydrogens is 226 g/mol. The summed E-state index contributed by atoms with van der Waals surface area (Å²) in [5.74, 6) is 0.899. The number of ether oxygens (including phenoxy) is 1. The highest BCUT2D eigenvalue weighted by atomic mass is 16.5. The molecule has 0 spiro atoms. The van der Waals surface area contributed by atoms with Crippen LogP contribution in [0.15, 0.2) is 29.3 Å². The molecule has 3 rings (SSSR count). The van der Waals surface area contributed by atoms with Gasteiger partial charge in [-0.25, -0.2) is 4.99 Å². The van der Waals surface area contributed by atoms with Gasteiger partial charge in [-0.3, -0.25) is 0 Å². The monoisotopic (exact) mass is 245 g/mol. The zero-order valence-corrected chi connectivity index (χ0v) is 10.6. The van der Waals surface area contributed by atoms with Crippen LogP contribution in [0.5, 0.6) is 0 Å². The molecule has 0 aromatic heterocycles. The molecule has 2 aliphatic rings. The summed E-state index contributed by atoms with van der Waals surface area (Å²) in [6, 6.07) is 8.78. The third kappa shape index (κ3) is 2.34. The molecule has 2 unspecified atom stereocenters. The lowest BCUT2D eigenvalue weighted by atomic mass is 10.1. The van der Waals surface area contributed by atoms with E-state index in [9.17, 15) is 0 Å². The van der Waals surface area contributed by atoms with Crippen LogP contribution in [0, 0.1) is 0 Å². The van der Waals surface area contributed by atoms with Gasteiger partial charge in [0, 0.05) is 18.8 Å². The molecule has 1 aromatic rings. The molecule has 1 aromatic carbocycles. The van der Waals surface area contributed by atoms with Crippen LogP contribution < -0.4 is 10.6 Å². The van der Waals surface area contributed by atoms with Gasteiger partial charge in [-0.2, -0.15) is 0 Å². The molecular formula is C14H19N3O. The van der Waals surface area contributed by atoms with Crippen LogP contribution in [0.4, 0.5) is 5.69 Å². The van der Waals surface area contributed by atoms with E-state index in [0.29, 0.717) is 12.1 Å². The first kappa shape index (κ1) is 11.5. The van der Waals surface area contributed by atoms with E-state index in [0.717, 1.165) is 37.5 Å². The number of rotatable bonds is 2. The average Bonchev–Trinajstić information content (AvgIpc) is 2.86. The van der Waals surface area contributed by atoms with Gasteiger partial charge < -0.3 is 15.4 Å². The highest BCUT2D eigenvalue weighted by Gasteiger charge is 2.25. The van der Waals surface area contributed by atoms with Crippen LogP contribution in [0.25, 0.3) is 0 Å². The lowest BCUT2D eigenvalue weighted by Crippen LogP contribution is -2.39. The number of para-hydroxylation sites is 1. The molecule has 1 heterocycles. The summed E-state index contributed by atoms with van der Waals surface area (Å²) in [6.07, 6.45) is 3.76. The van der Waals surface area contributed by atoms with Gasteiger partial charge in [0.15, 0.2) is 5.96 Å². The van der Waals surface area contributed by atoms with Crippen molar-refractivity contribution in [3.05, 3.63) is 29.8 Å². The second kappa shape index (κ2) is 4.98. The van der Waals surface area contributed by atoms with Crippen molar-refractivity contribution in [1.29, 1.82) is 0 Å². The molecule has 0 saturated heterocycles. The van der Waals surface area contributed by atoms with Crippen LogP contribution in [0.2, 0.25) is 0 Å². The van der Waals surface area contributed by atoms with Crippen molar-refractivity contribution >= 4 is 11.6 Å². The number of anilines is 1. The van der Waals surface area contributed by atoms with Gasteiger partial charge in [-0.1, -0.05) is 18.2 Å². The van der Waals surface area contributed by atoms with Crippen LogP contribution in [0.1, 0.15) is 24.8 Å². The largest absolute Gasteiger partial charge is 0.381 e. The minimum Gasteiger partial charge on any atom is -0.381 e. The maximum absolute atomic E-state index is 5.39. The van der Waals surface area contributed by atoms with Crippen molar-refractivity contribution in [1.82, 2.24) is 5.32 Å². The normalized spacial score (nSPS) is 26.2. The average molecular weight is 245 g/mol. The van der Waals surface area contributed by atoms with Gasteiger partial charge in [0.2, 0.25) is 0 Å². The Morgan fingerprint density at radius 3 is 3.06 bits per heavy atom. The van der Waals surface area contributed by atoms with Gasteiger partial charge in [0.05, 0.1) is 12.6 Å². The number of nitrogens with one attached hydrogen (secondary N) is 2. The fourth-order valence-electron chi connectivity index (χ4n) is 2.67. The third-order valence-corrected chi connectivity index (χ3v) is 3.74. The maximum Gasteiger partial charge on any atom is 0.196 e. The standard InChI is InChI=1S/C14H19N3O/c1-18-12-7-6-11(8-12)16-14-15-9-10-4-2-3-5-13(10)17-14/h2-5,11-12H,6-9H2,1H3,(H2,15,16,17). The Bertz CT molecular complexity index is 458. The lowest BCUT2D eigenvalue weighted by Gasteiger charge is -2.22. The number of hydrogen-bond donors (Lipinski definition) is 2. The number of methoxy groups -OCH3 is 1. The first-order chi connectivity index (χ1) is 8.85. The predicted molar refractivity (Wildman–Crippen MR) is 72.8 cm³/mol. The van der Waals surface area contributed by atoms with Crippen LogP contribution in [0.3, 0.4) is 0 Å². The van der Waals surface area contributed by atoms with Crippen molar-refractivity contribution in [2.45, 2.75) is 38.0 Å². The first-order valence-corrected chi connectivity index (χ1v) is 6.54. The minimum absolute atomic E-state index is 0.402. The summed E-state index contributed by atoms with van der Waals surface area (Å²) >= 11 is 0. The lowest BCUT2D eigenvalue weighted by molar-refractivity contribution is 0.107. The van der Waals surface area contributed by atoms with E-state index in [1.807, 2.05) is 6.07 Å². The van der Waals surface area contributed by atoms with E-state index in [4.69, 9.17) is 4.74 Å². The highest BCUT2D eigenvalue weighted by molar-refractivity contribution is 5.95. The quantitative estimate of drug-likeness (QED) is 0.839. The van der Waals surface area contributed by atoms with Crippen LogP contribution in [-0.2, 0) is 11.3 Å². The molecule has 4 nitrogen and oxygen atoms in total. The zero-order chi connectivity index (χ0) is 12.4. The number of aliphatic imine (C=N–C) groups is 1. The maximum atomic E-state index is 5.39.